The molecule has 134 valence electrons. The maximum atomic E-state index is 12.2. The van der Waals surface area contributed by atoms with Gasteiger partial charge < -0.3 is 14.6 Å². The Morgan fingerprint density at radius 3 is 2.31 bits per heavy atom. The molecule has 2 aromatic carbocycles. The van der Waals surface area contributed by atoms with Crippen molar-refractivity contribution in [1.29, 1.82) is 0 Å². The minimum Gasteiger partial charge on any atom is -0.375 e. The smallest absolute Gasteiger partial charge is 0.375 e. The van der Waals surface area contributed by atoms with Crippen molar-refractivity contribution in [2.24, 2.45) is 0 Å². The van der Waals surface area contributed by atoms with E-state index in [1.807, 2.05) is 68.4 Å². The van der Waals surface area contributed by atoms with Gasteiger partial charge in [0.2, 0.25) is 0 Å². The van der Waals surface area contributed by atoms with E-state index in [2.05, 4.69) is 9.97 Å². The fraction of sp³-hybridized carbons (Fsp3) is 0.200. The SMILES string of the molecule is CCN(CC)C(=O)Oc1nc(-c2ccccc2)c(-c2ccc(Cl)cc2)[nH]1. The summed E-state index contributed by atoms with van der Waals surface area (Å²) in [6.45, 7) is 4.96. The van der Waals surface area contributed by atoms with E-state index in [0.717, 1.165) is 22.5 Å². The predicted octanol–water partition coefficient (Wildman–Crippen LogP) is 5.24. The number of ether oxygens (including phenoxy) is 1. The standard InChI is InChI=1S/C20H20ClN3O2/c1-3-24(4-2)20(25)26-19-22-17(14-8-6-5-7-9-14)18(23-19)15-10-12-16(21)13-11-15/h5-13H,3-4H2,1-2H3,(H,22,23). The van der Waals surface area contributed by atoms with Crippen molar-refractivity contribution in [3.63, 3.8) is 0 Å². The Morgan fingerprint density at radius 1 is 1.04 bits per heavy atom. The normalized spacial score (nSPS) is 10.6. The summed E-state index contributed by atoms with van der Waals surface area (Å²) in [5.74, 6) is 0. The monoisotopic (exact) mass is 369 g/mol. The number of benzene rings is 2. The zero-order chi connectivity index (χ0) is 18.5. The van der Waals surface area contributed by atoms with Crippen LogP contribution in [-0.4, -0.2) is 34.1 Å². The van der Waals surface area contributed by atoms with Crippen LogP contribution in [0.25, 0.3) is 22.5 Å². The van der Waals surface area contributed by atoms with Crippen molar-refractivity contribution < 1.29 is 9.53 Å². The predicted molar refractivity (Wildman–Crippen MR) is 103 cm³/mol. The van der Waals surface area contributed by atoms with Gasteiger partial charge in [-0.1, -0.05) is 54.1 Å². The second kappa shape index (κ2) is 8.06. The van der Waals surface area contributed by atoms with E-state index >= 15 is 0 Å². The molecule has 0 aliphatic rings. The Labute approximate surface area is 157 Å². The average Bonchev–Trinajstić information content (AvgIpc) is 3.08. The van der Waals surface area contributed by atoms with Crippen molar-refractivity contribution in [3.8, 4) is 28.5 Å². The number of hydrogen-bond acceptors (Lipinski definition) is 3. The van der Waals surface area contributed by atoms with Gasteiger partial charge in [-0.25, -0.2) is 4.79 Å². The van der Waals surface area contributed by atoms with Gasteiger partial charge in [0, 0.05) is 29.2 Å². The van der Waals surface area contributed by atoms with Gasteiger partial charge >= 0.3 is 12.1 Å². The number of halogens is 1. The summed E-state index contributed by atoms with van der Waals surface area (Å²) >= 11 is 6.00. The van der Waals surface area contributed by atoms with E-state index in [-0.39, 0.29) is 6.01 Å². The van der Waals surface area contributed by atoms with Crippen LogP contribution in [0.2, 0.25) is 5.02 Å². The lowest BCUT2D eigenvalue weighted by molar-refractivity contribution is 0.154. The van der Waals surface area contributed by atoms with Gasteiger partial charge in [-0.3, -0.25) is 0 Å². The minimum atomic E-state index is -0.425. The van der Waals surface area contributed by atoms with Gasteiger partial charge in [0.1, 0.15) is 5.69 Å². The molecule has 0 unspecified atom stereocenters. The van der Waals surface area contributed by atoms with E-state index in [9.17, 15) is 4.79 Å². The number of hydrogen-bond donors (Lipinski definition) is 1. The number of rotatable bonds is 5. The van der Waals surface area contributed by atoms with Crippen molar-refractivity contribution in [1.82, 2.24) is 14.9 Å². The van der Waals surface area contributed by atoms with Crippen molar-refractivity contribution >= 4 is 17.7 Å². The second-order valence-electron chi connectivity index (χ2n) is 5.68. The Bertz CT molecular complexity index is 872. The number of H-pyrrole nitrogens is 1. The summed E-state index contributed by atoms with van der Waals surface area (Å²) in [5, 5.41) is 0.655. The first-order valence-corrected chi connectivity index (χ1v) is 8.88. The summed E-state index contributed by atoms with van der Waals surface area (Å²) in [6, 6.07) is 17.4. The van der Waals surface area contributed by atoms with Gasteiger partial charge in [-0.2, -0.15) is 4.98 Å². The van der Waals surface area contributed by atoms with Crippen LogP contribution in [0.5, 0.6) is 6.01 Å². The number of nitrogens with zero attached hydrogens (tertiary/aromatic N) is 2. The number of imidazole rings is 1. The number of amides is 1. The number of aromatic nitrogens is 2. The molecular formula is C20H20ClN3O2. The first-order chi connectivity index (χ1) is 12.6. The Hall–Kier alpha value is -2.79. The molecule has 1 amide bonds. The largest absolute Gasteiger partial charge is 0.417 e. The van der Waals surface area contributed by atoms with Gasteiger partial charge in [-0.15, -0.1) is 0 Å². The van der Waals surface area contributed by atoms with Crippen molar-refractivity contribution in [3.05, 3.63) is 59.6 Å². The van der Waals surface area contributed by atoms with Crippen LogP contribution in [0.4, 0.5) is 4.79 Å². The van der Waals surface area contributed by atoms with Gasteiger partial charge in [0.05, 0.1) is 5.69 Å². The first kappa shape index (κ1) is 18.0. The lowest BCUT2D eigenvalue weighted by atomic mass is 10.1. The number of nitrogens with one attached hydrogen (secondary N) is 1. The third-order valence-electron chi connectivity index (χ3n) is 4.07. The molecule has 0 saturated heterocycles. The van der Waals surface area contributed by atoms with Gasteiger partial charge in [0.15, 0.2) is 0 Å². The van der Waals surface area contributed by atoms with Gasteiger partial charge in [-0.05, 0) is 26.0 Å². The Kier molecular flexibility index (Phi) is 5.58. The molecule has 1 N–H and O–H groups in total. The summed E-state index contributed by atoms with van der Waals surface area (Å²) in [5.41, 5.74) is 3.33. The van der Waals surface area contributed by atoms with Crippen LogP contribution < -0.4 is 4.74 Å². The Balaban J connectivity index is 2.00. The summed E-state index contributed by atoms with van der Waals surface area (Å²) < 4.78 is 5.44. The third-order valence-corrected chi connectivity index (χ3v) is 4.32. The minimum absolute atomic E-state index is 0.172. The molecule has 0 aliphatic carbocycles. The lowest BCUT2D eigenvalue weighted by Crippen LogP contribution is -2.33. The van der Waals surface area contributed by atoms with Gasteiger partial charge in [0.25, 0.3) is 0 Å². The van der Waals surface area contributed by atoms with Crippen molar-refractivity contribution in [2.45, 2.75) is 13.8 Å². The molecule has 3 rings (SSSR count). The second-order valence-corrected chi connectivity index (χ2v) is 6.12. The highest BCUT2D eigenvalue weighted by Gasteiger charge is 2.19. The summed E-state index contributed by atoms with van der Waals surface area (Å²) in [6.07, 6.45) is -0.425. The molecule has 1 heterocycles. The van der Waals surface area contributed by atoms with E-state index in [0.29, 0.717) is 18.1 Å². The molecule has 6 heteroatoms. The quantitative estimate of drug-likeness (QED) is 0.669. The highest BCUT2D eigenvalue weighted by Crippen LogP contribution is 2.32. The maximum Gasteiger partial charge on any atom is 0.417 e. The molecule has 0 bridgehead atoms. The molecule has 0 atom stereocenters. The van der Waals surface area contributed by atoms with E-state index in [4.69, 9.17) is 16.3 Å². The fourth-order valence-corrected chi connectivity index (χ4v) is 2.79. The molecule has 0 radical (unpaired) electrons. The van der Waals surface area contributed by atoms with Crippen LogP contribution in [0.15, 0.2) is 54.6 Å². The topological polar surface area (TPSA) is 58.2 Å². The van der Waals surface area contributed by atoms with Crippen molar-refractivity contribution in [2.75, 3.05) is 13.1 Å². The molecule has 3 aromatic rings. The molecule has 0 saturated carbocycles. The van der Waals surface area contributed by atoms with E-state index in [1.165, 1.54) is 0 Å². The number of carbonyl (C=O) groups excluding carboxylic acids is 1. The zero-order valence-electron chi connectivity index (χ0n) is 14.7. The molecule has 0 aliphatic heterocycles. The zero-order valence-corrected chi connectivity index (χ0v) is 15.5. The van der Waals surface area contributed by atoms with Crippen LogP contribution in [0.3, 0.4) is 0 Å². The molecule has 26 heavy (non-hydrogen) atoms. The lowest BCUT2D eigenvalue weighted by Gasteiger charge is -2.16. The number of aromatic amines is 1. The molecule has 0 spiro atoms. The third kappa shape index (κ3) is 3.89. The molecular weight excluding hydrogens is 350 g/mol. The fourth-order valence-electron chi connectivity index (χ4n) is 2.66. The summed E-state index contributed by atoms with van der Waals surface area (Å²) in [4.78, 5) is 21.5. The van der Waals surface area contributed by atoms with Crippen LogP contribution >= 0.6 is 11.6 Å². The molecule has 5 nitrogen and oxygen atoms in total. The average molecular weight is 370 g/mol. The van der Waals surface area contributed by atoms with Crippen LogP contribution in [0, 0.1) is 0 Å². The van der Waals surface area contributed by atoms with E-state index in [1.54, 1.807) is 4.90 Å². The Morgan fingerprint density at radius 2 is 1.69 bits per heavy atom. The highest BCUT2D eigenvalue weighted by molar-refractivity contribution is 6.30. The van der Waals surface area contributed by atoms with Crippen LogP contribution in [0.1, 0.15) is 13.8 Å². The summed E-state index contributed by atoms with van der Waals surface area (Å²) in [7, 11) is 0. The first-order valence-electron chi connectivity index (χ1n) is 8.50. The molecule has 1 aromatic heterocycles. The highest BCUT2D eigenvalue weighted by atomic mass is 35.5. The van der Waals surface area contributed by atoms with E-state index < -0.39 is 6.09 Å². The maximum absolute atomic E-state index is 12.2. The van der Waals surface area contributed by atoms with Crippen LogP contribution in [-0.2, 0) is 0 Å². The number of carbonyl (C=O) groups is 1. The molecule has 0 fully saturated rings.